The molecule has 1 aliphatic rings. The van der Waals surface area contributed by atoms with Crippen LogP contribution in [0.1, 0.15) is 245 Å². The minimum absolute atomic E-state index is 0.132. The zero-order valence-electron chi connectivity index (χ0n) is 37.4. The summed E-state index contributed by atoms with van der Waals surface area (Å²) in [7, 11) is 0. The maximum Gasteiger partial charge on any atom is 0.220 e. The van der Waals surface area contributed by atoms with Crippen LogP contribution in [-0.4, -0.2) is 87.5 Å². The predicted octanol–water partition coefficient (Wildman–Crippen LogP) is 10.7. The number of aliphatic hydroxyl groups excluding tert-OH is 5. The molecule has 1 fully saturated rings. The third-order valence-electron chi connectivity index (χ3n) is 12.2. The normalized spacial score (nSPS) is 20.9. The summed E-state index contributed by atoms with van der Waals surface area (Å²) < 4.78 is 11.3. The molecule has 0 aromatic rings. The lowest BCUT2D eigenvalue weighted by Gasteiger charge is -2.40. The Labute approximate surface area is 351 Å². The average molecular weight is 814 g/mol. The summed E-state index contributed by atoms with van der Waals surface area (Å²) in [6, 6.07) is -0.711. The van der Waals surface area contributed by atoms with E-state index in [0.717, 1.165) is 38.5 Å². The van der Waals surface area contributed by atoms with E-state index in [4.69, 9.17) is 9.47 Å². The highest BCUT2D eigenvalue weighted by molar-refractivity contribution is 5.76. The second-order valence-corrected chi connectivity index (χ2v) is 17.6. The number of aliphatic hydroxyl groups is 5. The van der Waals surface area contributed by atoms with Crippen LogP contribution in [0.5, 0.6) is 0 Å². The maximum absolute atomic E-state index is 13.0. The first-order chi connectivity index (χ1) is 27.8. The van der Waals surface area contributed by atoms with Gasteiger partial charge in [0.15, 0.2) is 6.29 Å². The van der Waals surface area contributed by atoms with Crippen LogP contribution < -0.4 is 5.32 Å². The standard InChI is InChI=1S/C48H95NO8/c1-3-5-7-9-11-13-15-16-17-18-19-20-21-22-23-24-25-26-28-30-32-34-36-38-44(52)49-41(40-56-48-47(55)46(54)45(53)43(39-50)57-48)42(51)37-35-33-31-29-27-14-12-10-8-6-4-2/h41-43,45-48,50-51,53-55H,3-40H2,1-2H3,(H,49,52)/t41-,42+,43+,45+,46?,47?,48+/m0/s1. The minimum atomic E-state index is -1.55. The molecule has 0 aliphatic carbocycles. The molecule has 0 aromatic carbocycles. The van der Waals surface area contributed by atoms with E-state index in [0.29, 0.717) is 12.8 Å². The van der Waals surface area contributed by atoms with Gasteiger partial charge in [-0.15, -0.1) is 0 Å². The summed E-state index contributed by atoms with van der Waals surface area (Å²) in [5, 5.41) is 54.3. The Kier molecular flexibility index (Phi) is 37.4. The van der Waals surface area contributed by atoms with E-state index in [1.54, 1.807) is 0 Å². The number of unbranched alkanes of at least 4 members (excludes halogenated alkanes) is 32. The highest BCUT2D eigenvalue weighted by atomic mass is 16.7. The Balaban J connectivity index is 2.20. The number of hydrogen-bond donors (Lipinski definition) is 6. The molecule has 0 radical (unpaired) electrons. The zero-order valence-corrected chi connectivity index (χ0v) is 37.4. The van der Waals surface area contributed by atoms with Gasteiger partial charge in [0, 0.05) is 6.42 Å². The molecule has 1 amide bonds. The number of rotatable bonds is 42. The van der Waals surface area contributed by atoms with E-state index < -0.39 is 49.5 Å². The smallest absolute Gasteiger partial charge is 0.220 e. The van der Waals surface area contributed by atoms with Crippen molar-refractivity contribution in [1.29, 1.82) is 0 Å². The van der Waals surface area contributed by atoms with Crippen molar-refractivity contribution in [2.45, 2.75) is 288 Å². The zero-order chi connectivity index (χ0) is 41.6. The summed E-state index contributed by atoms with van der Waals surface area (Å²) in [5.41, 5.74) is 0. The fraction of sp³-hybridized carbons (Fsp3) is 0.979. The molecule has 1 heterocycles. The lowest BCUT2D eigenvalue weighted by Crippen LogP contribution is -2.60. The van der Waals surface area contributed by atoms with E-state index in [2.05, 4.69) is 19.2 Å². The van der Waals surface area contributed by atoms with Crippen LogP contribution in [0.2, 0.25) is 0 Å². The molecule has 7 atom stereocenters. The van der Waals surface area contributed by atoms with Crippen molar-refractivity contribution in [2.75, 3.05) is 13.2 Å². The topological polar surface area (TPSA) is 149 Å². The summed E-state index contributed by atoms with van der Waals surface area (Å²) in [4.78, 5) is 13.0. The molecular weight excluding hydrogens is 719 g/mol. The fourth-order valence-corrected chi connectivity index (χ4v) is 8.22. The number of hydrogen-bond acceptors (Lipinski definition) is 8. The second-order valence-electron chi connectivity index (χ2n) is 17.6. The third kappa shape index (κ3) is 30.0. The lowest BCUT2D eigenvalue weighted by atomic mass is 9.99. The van der Waals surface area contributed by atoms with Gasteiger partial charge in [0.1, 0.15) is 24.4 Å². The molecule has 9 nitrogen and oxygen atoms in total. The van der Waals surface area contributed by atoms with Gasteiger partial charge in [-0.05, 0) is 12.8 Å². The number of ether oxygens (including phenoxy) is 2. The Morgan fingerprint density at radius 2 is 0.877 bits per heavy atom. The van der Waals surface area contributed by atoms with E-state index >= 15 is 0 Å². The largest absolute Gasteiger partial charge is 0.394 e. The fourth-order valence-electron chi connectivity index (χ4n) is 8.22. The van der Waals surface area contributed by atoms with Gasteiger partial charge in [-0.3, -0.25) is 4.79 Å². The molecule has 0 bridgehead atoms. The van der Waals surface area contributed by atoms with Gasteiger partial charge >= 0.3 is 0 Å². The van der Waals surface area contributed by atoms with Crippen molar-refractivity contribution in [3.05, 3.63) is 0 Å². The average Bonchev–Trinajstić information content (AvgIpc) is 3.21. The van der Waals surface area contributed by atoms with E-state index in [9.17, 15) is 30.3 Å². The van der Waals surface area contributed by atoms with Gasteiger partial charge in [-0.2, -0.15) is 0 Å². The van der Waals surface area contributed by atoms with Crippen molar-refractivity contribution in [3.8, 4) is 0 Å². The molecule has 6 N–H and O–H groups in total. The molecule has 1 rings (SSSR count). The van der Waals surface area contributed by atoms with Crippen LogP contribution in [0.3, 0.4) is 0 Å². The van der Waals surface area contributed by atoms with Crippen LogP contribution >= 0.6 is 0 Å². The Morgan fingerprint density at radius 3 is 1.25 bits per heavy atom. The van der Waals surface area contributed by atoms with Crippen molar-refractivity contribution < 1.29 is 39.8 Å². The highest BCUT2D eigenvalue weighted by Gasteiger charge is 2.44. The van der Waals surface area contributed by atoms with E-state index in [1.165, 1.54) is 180 Å². The Bertz CT molecular complexity index is 862. The van der Waals surface area contributed by atoms with Gasteiger partial charge in [0.05, 0.1) is 25.4 Å². The monoisotopic (exact) mass is 814 g/mol. The van der Waals surface area contributed by atoms with Gasteiger partial charge in [-0.1, -0.05) is 226 Å². The molecule has 0 saturated carbocycles. The van der Waals surface area contributed by atoms with Crippen LogP contribution in [0.15, 0.2) is 0 Å². The molecule has 9 heteroatoms. The van der Waals surface area contributed by atoms with Crippen LogP contribution in [0, 0.1) is 0 Å². The van der Waals surface area contributed by atoms with Crippen molar-refractivity contribution in [1.82, 2.24) is 5.32 Å². The van der Waals surface area contributed by atoms with E-state index in [-0.39, 0.29) is 12.5 Å². The number of nitrogens with one attached hydrogen (secondary N) is 1. The Hall–Kier alpha value is -0.810. The van der Waals surface area contributed by atoms with Gasteiger partial charge in [0.25, 0.3) is 0 Å². The molecule has 1 saturated heterocycles. The SMILES string of the molecule is CCCCCCCCCCCCCCCCCCCCCCCCCC(=O)N[C@@H](CO[C@@H]1O[C@H](CO)[C@@H](O)C(O)C1O)[C@H](O)CCCCCCCCCCCCC. The molecular formula is C48H95NO8. The molecule has 340 valence electrons. The van der Waals surface area contributed by atoms with Crippen LogP contribution in [0.4, 0.5) is 0 Å². The number of amides is 1. The summed E-state index contributed by atoms with van der Waals surface area (Å²) in [6.45, 7) is 3.84. The predicted molar refractivity (Wildman–Crippen MR) is 235 cm³/mol. The van der Waals surface area contributed by atoms with Crippen LogP contribution in [0.25, 0.3) is 0 Å². The molecule has 2 unspecified atom stereocenters. The Morgan fingerprint density at radius 1 is 0.526 bits per heavy atom. The summed E-state index contributed by atoms with van der Waals surface area (Å²) in [5.74, 6) is -0.140. The molecule has 0 spiro atoms. The quantitative estimate of drug-likeness (QED) is 0.0334. The number of carbonyl (C=O) groups is 1. The van der Waals surface area contributed by atoms with Gasteiger partial charge in [0.2, 0.25) is 5.91 Å². The third-order valence-corrected chi connectivity index (χ3v) is 12.2. The summed E-state index contributed by atoms with van der Waals surface area (Å²) in [6.07, 6.45) is 37.0. The first-order valence-electron chi connectivity index (χ1n) is 24.7. The first kappa shape index (κ1) is 54.2. The van der Waals surface area contributed by atoms with Gasteiger partial charge in [-0.25, -0.2) is 0 Å². The van der Waals surface area contributed by atoms with E-state index in [1.807, 2.05) is 0 Å². The highest BCUT2D eigenvalue weighted by Crippen LogP contribution is 2.23. The lowest BCUT2D eigenvalue weighted by molar-refractivity contribution is -0.302. The van der Waals surface area contributed by atoms with Crippen molar-refractivity contribution >= 4 is 5.91 Å². The van der Waals surface area contributed by atoms with Crippen LogP contribution in [-0.2, 0) is 14.3 Å². The number of carbonyl (C=O) groups excluding carboxylic acids is 1. The molecule has 57 heavy (non-hydrogen) atoms. The maximum atomic E-state index is 13.0. The van der Waals surface area contributed by atoms with Crippen molar-refractivity contribution in [2.24, 2.45) is 0 Å². The van der Waals surface area contributed by atoms with Gasteiger partial charge < -0.3 is 40.3 Å². The molecule has 1 aliphatic heterocycles. The minimum Gasteiger partial charge on any atom is -0.394 e. The van der Waals surface area contributed by atoms with Crippen molar-refractivity contribution in [3.63, 3.8) is 0 Å². The molecule has 0 aromatic heterocycles. The summed E-state index contributed by atoms with van der Waals surface area (Å²) >= 11 is 0. The first-order valence-corrected chi connectivity index (χ1v) is 24.7. The second kappa shape index (κ2) is 39.3.